The minimum Gasteiger partial charge on any atom is -0.598 e. The zero-order chi connectivity index (χ0) is 5.98. The van der Waals surface area contributed by atoms with Gasteiger partial charge in [-0.2, -0.15) is 0 Å². The molecule has 1 fully saturated rings. The molecule has 0 aromatic carbocycles. The number of hydrogen-bond acceptors (Lipinski definition) is 2. The lowest BCUT2D eigenvalue weighted by Crippen LogP contribution is -2.36. The van der Waals surface area contributed by atoms with Gasteiger partial charge in [-0.25, -0.2) is 0 Å². The van der Waals surface area contributed by atoms with Crippen molar-refractivity contribution >= 4 is 11.4 Å². The van der Waals surface area contributed by atoms with Gasteiger partial charge in [0.1, 0.15) is 5.75 Å². The summed E-state index contributed by atoms with van der Waals surface area (Å²) in [4.78, 5) is 0. The van der Waals surface area contributed by atoms with Gasteiger partial charge in [0.15, 0.2) is 0 Å². The molecule has 48 valence electrons. The molecule has 1 N–H and O–H groups in total. The van der Waals surface area contributed by atoms with Gasteiger partial charge in [-0.1, -0.05) is 6.92 Å². The van der Waals surface area contributed by atoms with E-state index in [1.165, 1.54) is 0 Å². The maximum Gasteiger partial charge on any atom is 0.125 e. The molecule has 0 spiro atoms. The fraction of sp³-hybridized carbons (Fsp3) is 1.00. The second kappa shape index (κ2) is 2.71. The van der Waals surface area contributed by atoms with Crippen LogP contribution in [0, 0.1) is 5.92 Å². The molecule has 1 heterocycles. The monoisotopic (exact) mass is 133 g/mol. The van der Waals surface area contributed by atoms with E-state index >= 15 is 0 Å². The predicted octanol–water partition coefficient (Wildman–Crippen LogP) is 0.280. The van der Waals surface area contributed by atoms with Gasteiger partial charge in [0.25, 0.3) is 0 Å². The van der Waals surface area contributed by atoms with Crippen molar-refractivity contribution in [2.24, 2.45) is 5.92 Å². The highest BCUT2D eigenvalue weighted by atomic mass is 32.2. The quantitative estimate of drug-likeness (QED) is 0.482. The summed E-state index contributed by atoms with van der Waals surface area (Å²) in [5.74, 6) is 1.55. The Morgan fingerprint density at radius 2 is 2.50 bits per heavy atom. The summed E-state index contributed by atoms with van der Waals surface area (Å²) in [6.07, 6.45) is 1.11. The minimum absolute atomic E-state index is 0.711. The van der Waals surface area contributed by atoms with Gasteiger partial charge >= 0.3 is 0 Å². The summed E-state index contributed by atoms with van der Waals surface area (Å²) in [6, 6.07) is 0. The van der Waals surface area contributed by atoms with E-state index in [9.17, 15) is 4.55 Å². The first-order chi connectivity index (χ1) is 3.79. The molecule has 0 aromatic heterocycles. The van der Waals surface area contributed by atoms with Crippen LogP contribution < -0.4 is 4.72 Å². The van der Waals surface area contributed by atoms with Gasteiger partial charge in [-0.05, 0) is 12.3 Å². The van der Waals surface area contributed by atoms with Gasteiger partial charge < -0.3 is 4.55 Å². The Kier molecular flexibility index (Phi) is 2.16. The van der Waals surface area contributed by atoms with E-state index in [1.54, 1.807) is 0 Å². The first-order valence-corrected chi connectivity index (χ1v) is 4.23. The largest absolute Gasteiger partial charge is 0.598 e. The van der Waals surface area contributed by atoms with E-state index in [-0.39, 0.29) is 0 Å². The highest BCUT2D eigenvalue weighted by Gasteiger charge is 2.16. The summed E-state index contributed by atoms with van der Waals surface area (Å²) in [5, 5.41) is 0. The second-order valence-corrected chi connectivity index (χ2v) is 3.68. The predicted molar refractivity (Wildman–Crippen MR) is 34.8 cm³/mol. The third-order valence-electron chi connectivity index (χ3n) is 1.39. The van der Waals surface area contributed by atoms with Crippen LogP contribution in [-0.4, -0.2) is 16.9 Å². The van der Waals surface area contributed by atoms with Crippen molar-refractivity contribution in [3.63, 3.8) is 0 Å². The van der Waals surface area contributed by atoms with Crippen LogP contribution >= 0.6 is 0 Å². The van der Waals surface area contributed by atoms with Crippen LogP contribution in [0.3, 0.4) is 0 Å². The van der Waals surface area contributed by atoms with Crippen molar-refractivity contribution in [1.29, 1.82) is 0 Å². The summed E-state index contributed by atoms with van der Waals surface area (Å²) in [5.41, 5.74) is 0. The molecule has 8 heavy (non-hydrogen) atoms. The van der Waals surface area contributed by atoms with E-state index in [0.717, 1.165) is 18.7 Å². The van der Waals surface area contributed by atoms with Crippen LogP contribution in [0.1, 0.15) is 13.3 Å². The third-order valence-corrected chi connectivity index (χ3v) is 2.48. The van der Waals surface area contributed by atoms with Gasteiger partial charge in [-0.3, -0.25) is 0 Å². The standard InChI is InChI=1S/C5H11NOS/c1-5-2-3-8(7)6-4-5/h5-6H,2-4H2,1H3. The molecule has 1 rings (SSSR count). The van der Waals surface area contributed by atoms with Crippen LogP contribution in [-0.2, 0) is 11.4 Å². The van der Waals surface area contributed by atoms with Crippen LogP contribution in [0.2, 0.25) is 0 Å². The maximum absolute atomic E-state index is 10.6. The van der Waals surface area contributed by atoms with E-state index < -0.39 is 11.4 Å². The normalized spacial score (nSPS) is 39.8. The lowest BCUT2D eigenvalue weighted by Gasteiger charge is -2.20. The van der Waals surface area contributed by atoms with Crippen LogP contribution in [0.15, 0.2) is 0 Å². The molecule has 0 radical (unpaired) electrons. The number of hydrogen-bond donors (Lipinski definition) is 1. The summed E-state index contributed by atoms with van der Waals surface area (Å²) >= 11 is -0.711. The van der Waals surface area contributed by atoms with Crippen molar-refractivity contribution < 1.29 is 4.55 Å². The molecule has 0 aromatic rings. The molecule has 1 aliphatic heterocycles. The van der Waals surface area contributed by atoms with E-state index in [0.29, 0.717) is 5.92 Å². The zero-order valence-electron chi connectivity index (χ0n) is 5.02. The van der Waals surface area contributed by atoms with Crippen molar-refractivity contribution in [3.05, 3.63) is 0 Å². The minimum atomic E-state index is -0.711. The average molecular weight is 133 g/mol. The molecule has 0 saturated carbocycles. The third kappa shape index (κ3) is 1.65. The Morgan fingerprint density at radius 1 is 1.75 bits per heavy atom. The highest BCUT2D eigenvalue weighted by molar-refractivity contribution is 7.89. The molecule has 2 unspecified atom stereocenters. The van der Waals surface area contributed by atoms with Crippen LogP contribution in [0.25, 0.3) is 0 Å². The number of nitrogens with one attached hydrogen (secondary N) is 1. The Morgan fingerprint density at radius 3 is 2.88 bits per heavy atom. The summed E-state index contributed by atoms with van der Waals surface area (Å²) < 4.78 is 13.5. The van der Waals surface area contributed by atoms with Crippen LogP contribution in [0.4, 0.5) is 0 Å². The fourth-order valence-corrected chi connectivity index (χ4v) is 1.95. The van der Waals surface area contributed by atoms with Gasteiger partial charge in [0, 0.05) is 17.9 Å². The first-order valence-electron chi connectivity index (χ1n) is 2.91. The lowest BCUT2D eigenvalue weighted by atomic mass is 10.1. The molecule has 0 aliphatic carbocycles. The van der Waals surface area contributed by atoms with Gasteiger partial charge in [-0.15, -0.1) is 4.72 Å². The van der Waals surface area contributed by atoms with E-state index in [2.05, 4.69) is 11.6 Å². The lowest BCUT2D eigenvalue weighted by molar-refractivity contribution is 0.493. The maximum atomic E-state index is 10.6. The molecule has 1 aliphatic rings. The molecule has 3 heteroatoms. The van der Waals surface area contributed by atoms with Gasteiger partial charge in [0.2, 0.25) is 0 Å². The Labute approximate surface area is 53.0 Å². The SMILES string of the molecule is CC1CC[S+]([O-])NC1. The fourth-order valence-electron chi connectivity index (χ4n) is 0.718. The Hall–Kier alpha value is 0.270. The Bertz CT molecular complexity index is 60.8. The molecule has 0 bridgehead atoms. The first kappa shape index (κ1) is 6.39. The van der Waals surface area contributed by atoms with Crippen molar-refractivity contribution in [2.45, 2.75) is 13.3 Å². The zero-order valence-corrected chi connectivity index (χ0v) is 5.83. The average Bonchev–Trinajstić information content (AvgIpc) is 1.77. The summed E-state index contributed by atoms with van der Waals surface area (Å²) in [6.45, 7) is 3.09. The Balaban J connectivity index is 2.19. The molecule has 0 amide bonds. The molecule has 2 nitrogen and oxygen atoms in total. The number of rotatable bonds is 0. The second-order valence-electron chi connectivity index (χ2n) is 2.29. The smallest absolute Gasteiger partial charge is 0.125 e. The molecule has 1 saturated heterocycles. The van der Waals surface area contributed by atoms with Crippen molar-refractivity contribution in [1.82, 2.24) is 4.72 Å². The van der Waals surface area contributed by atoms with Crippen molar-refractivity contribution in [2.75, 3.05) is 12.3 Å². The van der Waals surface area contributed by atoms with Crippen molar-refractivity contribution in [3.8, 4) is 0 Å². The molecular weight excluding hydrogens is 122 g/mol. The summed E-state index contributed by atoms with van der Waals surface area (Å²) in [7, 11) is 0. The highest BCUT2D eigenvalue weighted by Crippen LogP contribution is 2.07. The van der Waals surface area contributed by atoms with Crippen LogP contribution in [0.5, 0.6) is 0 Å². The van der Waals surface area contributed by atoms with E-state index in [4.69, 9.17) is 0 Å². The van der Waals surface area contributed by atoms with Gasteiger partial charge in [0.05, 0.1) is 0 Å². The van der Waals surface area contributed by atoms with E-state index in [1.807, 2.05) is 0 Å². The molecule has 2 atom stereocenters. The molecular formula is C5H11NOS. The topological polar surface area (TPSA) is 35.1 Å².